The first-order chi connectivity index (χ1) is 13.4. The highest BCUT2D eigenvalue weighted by atomic mass is 19.1. The van der Waals surface area contributed by atoms with E-state index in [1.165, 1.54) is 6.07 Å². The van der Waals surface area contributed by atoms with Crippen LogP contribution in [0.1, 0.15) is 25.5 Å². The monoisotopic (exact) mass is 385 g/mol. The van der Waals surface area contributed by atoms with E-state index in [1.807, 2.05) is 6.92 Å². The lowest BCUT2D eigenvalue weighted by Crippen LogP contribution is -2.34. The molecule has 0 aliphatic carbocycles. The zero-order valence-electron chi connectivity index (χ0n) is 15.7. The summed E-state index contributed by atoms with van der Waals surface area (Å²) in [5, 5.41) is 2.89. The van der Waals surface area contributed by atoms with Crippen molar-refractivity contribution in [2.75, 3.05) is 18.0 Å². The zero-order valence-corrected chi connectivity index (χ0v) is 15.7. The average molecular weight is 385 g/mol. The van der Waals surface area contributed by atoms with E-state index in [0.29, 0.717) is 23.1 Å². The molecule has 0 saturated carbocycles. The summed E-state index contributed by atoms with van der Waals surface area (Å²) in [4.78, 5) is 23.6. The highest BCUT2D eigenvalue weighted by molar-refractivity contribution is 5.61. The third-order valence-electron chi connectivity index (χ3n) is 5.15. The summed E-state index contributed by atoms with van der Waals surface area (Å²) in [6, 6.07) is 4.32. The second-order valence-electron chi connectivity index (χ2n) is 7.31. The smallest absolute Gasteiger partial charge is 0.271 e. The van der Waals surface area contributed by atoms with Gasteiger partial charge in [-0.2, -0.15) is 0 Å². The van der Waals surface area contributed by atoms with Crippen molar-refractivity contribution in [1.82, 2.24) is 19.7 Å². The summed E-state index contributed by atoms with van der Waals surface area (Å²) >= 11 is 0. The molecule has 146 valence electrons. The molecule has 6 nitrogen and oxygen atoms in total. The predicted molar refractivity (Wildman–Crippen MR) is 103 cm³/mol. The largest absolute Gasteiger partial charge is 0.341 e. The quantitative estimate of drug-likeness (QED) is 0.750. The fraction of sp³-hybridized carbons (Fsp3) is 0.350. The maximum atomic E-state index is 13.5. The Kier molecular flexibility index (Phi) is 4.70. The van der Waals surface area contributed by atoms with Crippen LogP contribution in [0.3, 0.4) is 0 Å². The standard InChI is InChI=1S/C20H21F2N5O/c1-12-3-5-26(6-4-12)20-23-11-17(13(2)24-20)18-10-19(28)27(25-18)16-8-14(21)7-15(22)9-16/h7-12,25H,3-6H2,1-2H3. The topological polar surface area (TPSA) is 66.8 Å². The Labute approximate surface area is 160 Å². The first-order valence-corrected chi connectivity index (χ1v) is 9.28. The molecule has 0 radical (unpaired) electrons. The van der Waals surface area contributed by atoms with Gasteiger partial charge < -0.3 is 4.90 Å². The molecule has 0 amide bonds. The number of hydrogen-bond acceptors (Lipinski definition) is 4. The SMILES string of the molecule is Cc1nc(N2CCC(C)CC2)ncc1-c1cc(=O)n(-c2cc(F)cc(F)c2)[nH]1. The molecule has 1 aliphatic rings. The van der Waals surface area contributed by atoms with Crippen molar-refractivity contribution in [2.24, 2.45) is 5.92 Å². The first-order valence-electron chi connectivity index (χ1n) is 9.28. The van der Waals surface area contributed by atoms with Gasteiger partial charge in [0.1, 0.15) is 11.6 Å². The minimum absolute atomic E-state index is 0.0892. The highest BCUT2D eigenvalue weighted by Gasteiger charge is 2.19. The Bertz CT molecular complexity index is 1050. The number of nitrogens with zero attached hydrogens (tertiary/aromatic N) is 4. The molecule has 1 saturated heterocycles. The van der Waals surface area contributed by atoms with Gasteiger partial charge in [0.25, 0.3) is 5.56 Å². The molecule has 2 aromatic heterocycles. The maximum Gasteiger partial charge on any atom is 0.271 e. The third kappa shape index (κ3) is 3.54. The second-order valence-corrected chi connectivity index (χ2v) is 7.31. The summed E-state index contributed by atoms with van der Waals surface area (Å²) in [5.41, 5.74) is 1.55. The number of aryl methyl sites for hydroxylation is 1. The number of aromatic nitrogens is 4. The van der Waals surface area contributed by atoms with Gasteiger partial charge in [-0.1, -0.05) is 6.92 Å². The summed E-state index contributed by atoms with van der Waals surface area (Å²) in [6.45, 7) is 5.96. The highest BCUT2D eigenvalue weighted by Crippen LogP contribution is 2.24. The van der Waals surface area contributed by atoms with Crippen LogP contribution in [0, 0.1) is 24.5 Å². The molecular formula is C20H21F2N5O. The van der Waals surface area contributed by atoms with Crippen LogP contribution in [0.5, 0.6) is 0 Å². The van der Waals surface area contributed by atoms with Crippen LogP contribution in [0.15, 0.2) is 35.3 Å². The second kappa shape index (κ2) is 7.18. The molecule has 1 fully saturated rings. The van der Waals surface area contributed by atoms with Crippen LogP contribution in [-0.2, 0) is 0 Å². The van der Waals surface area contributed by atoms with E-state index in [9.17, 15) is 13.6 Å². The van der Waals surface area contributed by atoms with Gasteiger partial charge in [-0.05, 0) is 37.8 Å². The Morgan fingerprint density at radius 2 is 1.79 bits per heavy atom. The molecule has 0 spiro atoms. The van der Waals surface area contributed by atoms with Crippen molar-refractivity contribution in [3.8, 4) is 16.9 Å². The molecule has 1 aromatic carbocycles. The van der Waals surface area contributed by atoms with Gasteiger partial charge in [0, 0.05) is 37.0 Å². The number of H-pyrrole nitrogens is 1. The normalized spacial score (nSPS) is 15.2. The summed E-state index contributed by atoms with van der Waals surface area (Å²) in [6.07, 6.45) is 3.91. The molecule has 1 N–H and O–H groups in total. The maximum absolute atomic E-state index is 13.5. The summed E-state index contributed by atoms with van der Waals surface area (Å²) in [7, 11) is 0. The summed E-state index contributed by atoms with van der Waals surface area (Å²) < 4.78 is 28.1. The van der Waals surface area contributed by atoms with Crippen LogP contribution < -0.4 is 10.5 Å². The van der Waals surface area contributed by atoms with Crippen molar-refractivity contribution in [1.29, 1.82) is 0 Å². The lowest BCUT2D eigenvalue weighted by atomic mass is 10.00. The van der Waals surface area contributed by atoms with Gasteiger partial charge in [0.2, 0.25) is 5.95 Å². The molecule has 4 rings (SSSR count). The average Bonchev–Trinajstić information content (AvgIpc) is 3.03. The van der Waals surface area contributed by atoms with E-state index in [1.54, 1.807) is 6.20 Å². The van der Waals surface area contributed by atoms with Crippen molar-refractivity contribution >= 4 is 5.95 Å². The van der Waals surface area contributed by atoms with Gasteiger partial charge in [0.05, 0.1) is 17.1 Å². The van der Waals surface area contributed by atoms with E-state index < -0.39 is 17.2 Å². The molecule has 0 bridgehead atoms. The molecular weight excluding hydrogens is 364 g/mol. The molecule has 8 heteroatoms. The molecule has 0 atom stereocenters. The van der Waals surface area contributed by atoms with Gasteiger partial charge >= 0.3 is 0 Å². The van der Waals surface area contributed by atoms with Crippen molar-refractivity contribution < 1.29 is 8.78 Å². The fourth-order valence-electron chi connectivity index (χ4n) is 3.47. The molecule has 3 heterocycles. The van der Waals surface area contributed by atoms with Gasteiger partial charge in [-0.3, -0.25) is 9.89 Å². The van der Waals surface area contributed by atoms with Crippen molar-refractivity contribution in [3.63, 3.8) is 0 Å². The molecule has 3 aromatic rings. The number of piperidine rings is 1. The van der Waals surface area contributed by atoms with Crippen molar-refractivity contribution in [2.45, 2.75) is 26.7 Å². The van der Waals surface area contributed by atoms with E-state index in [-0.39, 0.29) is 5.69 Å². The van der Waals surface area contributed by atoms with Crippen molar-refractivity contribution in [3.05, 3.63) is 58.1 Å². The van der Waals surface area contributed by atoms with Crippen LogP contribution in [0.4, 0.5) is 14.7 Å². The third-order valence-corrected chi connectivity index (χ3v) is 5.15. The van der Waals surface area contributed by atoms with Gasteiger partial charge in [-0.25, -0.2) is 23.4 Å². The van der Waals surface area contributed by atoms with Crippen LogP contribution in [0.2, 0.25) is 0 Å². The molecule has 1 aliphatic heterocycles. The predicted octanol–water partition coefficient (Wildman–Crippen LogP) is 3.45. The number of hydrogen-bond donors (Lipinski definition) is 1. The minimum Gasteiger partial charge on any atom is -0.341 e. The zero-order chi connectivity index (χ0) is 19.8. The van der Waals surface area contributed by atoms with E-state index in [2.05, 4.69) is 26.9 Å². The van der Waals surface area contributed by atoms with Gasteiger partial charge in [0.15, 0.2) is 0 Å². The lowest BCUT2D eigenvalue weighted by Gasteiger charge is -2.30. The number of rotatable bonds is 3. The number of anilines is 1. The number of aromatic amines is 1. The van der Waals surface area contributed by atoms with E-state index in [4.69, 9.17) is 0 Å². The molecule has 0 unspecified atom stereocenters. The van der Waals surface area contributed by atoms with Gasteiger partial charge in [-0.15, -0.1) is 0 Å². The number of benzene rings is 1. The minimum atomic E-state index is -0.752. The Morgan fingerprint density at radius 3 is 2.43 bits per heavy atom. The number of halogens is 2. The van der Waals surface area contributed by atoms with Crippen LogP contribution in [-0.4, -0.2) is 32.8 Å². The lowest BCUT2D eigenvalue weighted by molar-refractivity contribution is 0.434. The fourth-order valence-corrected chi connectivity index (χ4v) is 3.47. The first kappa shape index (κ1) is 18.3. The van der Waals surface area contributed by atoms with Crippen LogP contribution in [0.25, 0.3) is 16.9 Å². The Balaban J connectivity index is 1.65. The number of nitrogens with one attached hydrogen (secondary N) is 1. The Hall–Kier alpha value is -3.03. The molecule has 28 heavy (non-hydrogen) atoms. The van der Waals surface area contributed by atoms with E-state index >= 15 is 0 Å². The van der Waals surface area contributed by atoms with Crippen LogP contribution >= 0.6 is 0 Å². The summed E-state index contributed by atoms with van der Waals surface area (Å²) in [5.74, 6) is -0.105. The Morgan fingerprint density at radius 1 is 1.11 bits per heavy atom. The van der Waals surface area contributed by atoms with E-state index in [0.717, 1.165) is 54.5 Å².